The Morgan fingerprint density at radius 1 is 1.04 bits per heavy atom. The average molecular weight is 357 g/mol. The third kappa shape index (κ3) is 3.36. The van der Waals surface area contributed by atoms with Gasteiger partial charge in [0.05, 0.1) is 21.8 Å². The Balaban J connectivity index is 1.59. The van der Waals surface area contributed by atoms with Gasteiger partial charge in [-0.1, -0.05) is 12.1 Å². The summed E-state index contributed by atoms with van der Waals surface area (Å²) in [7, 11) is 0. The van der Waals surface area contributed by atoms with Crippen molar-refractivity contribution >= 4 is 35.2 Å². The van der Waals surface area contributed by atoms with Crippen LogP contribution in [0.4, 0.5) is 5.69 Å². The van der Waals surface area contributed by atoms with Crippen LogP contribution in [0.5, 0.6) is 0 Å². The Kier molecular flexibility index (Phi) is 4.48. The van der Waals surface area contributed by atoms with Gasteiger partial charge in [0, 0.05) is 17.0 Å². The van der Waals surface area contributed by atoms with Crippen molar-refractivity contribution in [3.8, 4) is 0 Å². The van der Waals surface area contributed by atoms with E-state index in [1.165, 1.54) is 36.4 Å². The molecule has 0 spiro atoms. The lowest BCUT2D eigenvalue weighted by Gasteiger charge is -2.14. The zero-order valence-electron chi connectivity index (χ0n) is 12.7. The number of hydrogen-bond acceptors (Lipinski definition) is 6. The summed E-state index contributed by atoms with van der Waals surface area (Å²) in [4.78, 5) is 47.0. The molecule has 1 heterocycles. The van der Waals surface area contributed by atoms with Gasteiger partial charge < -0.3 is 0 Å². The topological polar surface area (TPSA) is 110 Å². The maximum Gasteiger partial charge on any atom is 0.280 e. The normalized spacial score (nSPS) is 12.9. The number of hydrazine groups is 1. The van der Waals surface area contributed by atoms with Gasteiger partial charge in [-0.05, 0) is 24.3 Å². The van der Waals surface area contributed by atoms with E-state index >= 15 is 0 Å². The molecule has 0 aliphatic carbocycles. The fraction of sp³-hybridized carbons (Fsp3) is 0.0625. The van der Waals surface area contributed by atoms with Gasteiger partial charge in [0.25, 0.3) is 17.5 Å². The van der Waals surface area contributed by atoms with Crippen LogP contribution >= 0.6 is 11.8 Å². The number of amides is 3. The smallest absolute Gasteiger partial charge is 0.272 e. The summed E-state index contributed by atoms with van der Waals surface area (Å²) in [6.45, 7) is 0. The van der Waals surface area contributed by atoms with Crippen LogP contribution < -0.4 is 5.43 Å². The van der Waals surface area contributed by atoms with Crippen molar-refractivity contribution < 1.29 is 19.3 Å². The first-order valence-electron chi connectivity index (χ1n) is 7.12. The van der Waals surface area contributed by atoms with Crippen molar-refractivity contribution in [1.82, 2.24) is 10.4 Å². The van der Waals surface area contributed by atoms with Crippen molar-refractivity contribution in [2.45, 2.75) is 4.90 Å². The van der Waals surface area contributed by atoms with Gasteiger partial charge in [0.15, 0.2) is 0 Å². The molecule has 126 valence electrons. The van der Waals surface area contributed by atoms with Gasteiger partial charge in [0.1, 0.15) is 0 Å². The number of non-ortho nitro benzene ring substituents is 1. The Morgan fingerprint density at radius 3 is 2.12 bits per heavy atom. The van der Waals surface area contributed by atoms with Crippen molar-refractivity contribution in [2.75, 3.05) is 5.75 Å². The van der Waals surface area contributed by atoms with Crippen LogP contribution in [0.3, 0.4) is 0 Å². The zero-order chi connectivity index (χ0) is 18.0. The fourth-order valence-corrected chi connectivity index (χ4v) is 2.95. The molecule has 9 heteroatoms. The maximum absolute atomic E-state index is 12.1. The van der Waals surface area contributed by atoms with Crippen molar-refractivity contribution in [3.05, 3.63) is 69.8 Å². The predicted molar refractivity (Wildman–Crippen MR) is 88.9 cm³/mol. The minimum absolute atomic E-state index is 0.0418. The van der Waals surface area contributed by atoms with Crippen molar-refractivity contribution in [1.29, 1.82) is 0 Å². The second-order valence-electron chi connectivity index (χ2n) is 5.07. The summed E-state index contributed by atoms with van der Waals surface area (Å²) in [5, 5.41) is 11.3. The lowest BCUT2D eigenvalue weighted by molar-refractivity contribution is -0.384. The summed E-state index contributed by atoms with van der Waals surface area (Å²) >= 11 is 1.13. The first-order chi connectivity index (χ1) is 12.0. The summed E-state index contributed by atoms with van der Waals surface area (Å²) in [6, 6.07) is 12.0. The molecule has 0 radical (unpaired) electrons. The van der Waals surface area contributed by atoms with Crippen molar-refractivity contribution in [2.24, 2.45) is 0 Å². The van der Waals surface area contributed by atoms with Crippen LogP contribution in [0.25, 0.3) is 0 Å². The highest BCUT2D eigenvalue weighted by Crippen LogP contribution is 2.23. The monoisotopic (exact) mass is 357 g/mol. The molecule has 8 nitrogen and oxygen atoms in total. The Hall–Kier alpha value is -3.20. The summed E-state index contributed by atoms with van der Waals surface area (Å²) in [5.41, 5.74) is 2.74. The van der Waals surface area contributed by atoms with Gasteiger partial charge in [-0.2, -0.15) is 5.01 Å². The highest BCUT2D eigenvalue weighted by molar-refractivity contribution is 8.00. The molecule has 0 saturated carbocycles. The SMILES string of the molecule is O=C(CSc1ccc([N+](=O)[O-])cc1)NN1C(=O)c2ccccc2C1=O. The van der Waals surface area contributed by atoms with Crippen LogP contribution in [-0.2, 0) is 4.79 Å². The van der Waals surface area contributed by atoms with E-state index in [-0.39, 0.29) is 22.6 Å². The Labute approximate surface area is 145 Å². The fourth-order valence-electron chi connectivity index (χ4n) is 2.26. The molecule has 0 bridgehead atoms. The minimum atomic E-state index is -0.575. The summed E-state index contributed by atoms with van der Waals surface area (Å²) < 4.78 is 0. The van der Waals surface area contributed by atoms with E-state index in [1.807, 2.05) is 0 Å². The van der Waals surface area contributed by atoms with E-state index in [0.29, 0.717) is 9.90 Å². The minimum Gasteiger partial charge on any atom is -0.272 e. The van der Waals surface area contributed by atoms with Crippen LogP contribution in [0.1, 0.15) is 20.7 Å². The Morgan fingerprint density at radius 2 is 1.60 bits per heavy atom. The second-order valence-corrected chi connectivity index (χ2v) is 6.11. The van der Waals surface area contributed by atoms with E-state index in [0.717, 1.165) is 11.8 Å². The highest BCUT2D eigenvalue weighted by atomic mass is 32.2. The summed E-state index contributed by atoms with van der Waals surface area (Å²) in [5.74, 6) is -1.73. The predicted octanol–water partition coefficient (Wildman–Crippen LogP) is 2.01. The third-order valence-electron chi connectivity index (χ3n) is 3.45. The number of nitro groups is 1. The van der Waals surface area contributed by atoms with Crippen LogP contribution in [0, 0.1) is 10.1 Å². The molecule has 2 aromatic rings. The molecule has 0 saturated heterocycles. The quantitative estimate of drug-likeness (QED) is 0.379. The van der Waals surface area contributed by atoms with Crippen LogP contribution in [0.2, 0.25) is 0 Å². The lowest BCUT2D eigenvalue weighted by atomic mass is 10.1. The highest BCUT2D eigenvalue weighted by Gasteiger charge is 2.36. The van der Waals surface area contributed by atoms with Crippen LogP contribution in [-0.4, -0.2) is 33.4 Å². The molecule has 2 aromatic carbocycles. The molecule has 1 N–H and O–H groups in total. The van der Waals surface area contributed by atoms with Gasteiger partial charge in [-0.3, -0.25) is 29.9 Å². The van der Waals surface area contributed by atoms with Crippen LogP contribution in [0.15, 0.2) is 53.4 Å². The molecule has 3 rings (SSSR count). The molecule has 25 heavy (non-hydrogen) atoms. The van der Waals surface area contributed by atoms with E-state index < -0.39 is 22.6 Å². The maximum atomic E-state index is 12.1. The molecule has 1 aliphatic rings. The van der Waals surface area contributed by atoms with E-state index in [1.54, 1.807) is 12.1 Å². The van der Waals surface area contributed by atoms with Crippen molar-refractivity contribution in [3.63, 3.8) is 0 Å². The number of nitrogens with one attached hydrogen (secondary N) is 1. The molecule has 0 aromatic heterocycles. The second kappa shape index (κ2) is 6.73. The number of carbonyl (C=O) groups excluding carboxylic acids is 3. The zero-order valence-corrected chi connectivity index (χ0v) is 13.5. The third-order valence-corrected chi connectivity index (χ3v) is 4.46. The molecular weight excluding hydrogens is 346 g/mol. The molecule has 0 fully saturated rings. The molecule has 0 atom stereocenters. The van der Waals surface area contributed by atoms with Gasteiger partial charge in [-0.25, -0.2) is 0 Å². The molecule has 1 aliphatic heterocycles. The molecule has 0 unspecified atom stereocenters. The standard InChI is InChI=1S/C16H11N3O5S/c20-14(9-25-11-7-5-10(6-8-11)19(23)24)17-18-15(21)12-3-1-2-4-13(12)16(18)22/h1-8H,9H2,(H,17,20). The number of hydrogen-bond donors (Lipinski definition) is 1. The lowest BCUT2D eigenvalue weighted by Crippen LogP contribution is -2.46. The van der Waals surface area contributed by atoms with Gasteiger partial charge >= 0.3 is 0 Å². The number of imide groups is 1. The first kappa shape index (κ1) is 16.7. The van der Waals surface area contributed by atoms with Gasteiger partial charge in [0.2, 0.25) is 5.91 Å². The number of carbonyl (C=O) groups is 3. The number of benzene rings is 2. The Bertz CT molecular complexity index is 847. The summed E-state index contributed by atoms with van der Waals surface area (Å²) in [6.07, 6.45) is 0. The van der Waals surface area contributed by atoms with E-state index in [4.69, 9.17) is 0 Å². The number of thioether (sulfide) groups is 1. The molecular formula is C16H11N3O5S. The molecule has 3 amide bonds. The average Bonchev–Trinajstić information content (AvgIpc) is 2.86. The number of nitrogens with zero attached hydrogens (tertiary/aromatic N) is 2. The number of nitro benzene ring substituents is 1. The largest absolute Gasteiger partial charge is 0.280 e. The first-order valence-corrected chi connectivity index (χ1v) is 8.10. The van der Waals surface area contributed by atoms with E-state index in [9.17, 15) is 24.5 Å². The number of rotatable bonds is 5. The van der Waals surface area contributed by atoms with E-state index in [2.05, 4.69) is 5.43 Å². The van der Waals surface area contributed by atoms with Gasteiger partial charge in [-0.15, -0.1) is 11.8 Å². The number of fused-ring (bicyclic) bond motifs is 1.